The van der Waals surface area contributed by atoms with Crippen molar-refractivity contribution in [1.29, 1.82) is 0 Å². The number of hydrogen-bond acceptors (Lipinski definition) is 3. The van der Waals surface area contributed by atoms with Crippen LogP contribution in [0.1, 0.15) is 24.9 Å². The van der Waals surface area contributed by atoms with Crippen molar-refractivity contribution in [3.05, 3.63) is 34.6 Å². The number of aliphatic hydroxyl groups excluding tert-OH is 1. The first-order valence-corrected chi connectivity index (χ1v) is 6.43. The van der Waals surface area contributed by atoms with E-state index in [1.165, 1.54) is 0 Å². The number of aryl methyl sites for hydroxylation is 1. The van der Waals surface area contributed by atoms with Crippen molar-refractivity contribution in [2.45, 2.75) is 25.5 Å². The van der Waals surface area contributed by atoms with Gasteiger partial charge in [-0.15, -0.1) is 10.2 Å². The van der Waals surface area contributed by atoms with E-state index in [9.17, 15) is 5.11 Å². The van der Waals surface area contributed by atoms with Crippen LogP contribution in [0.15, 0.2) is 28.7 Å². The fourth-order valence-corrected chi connectivity index (χ4v) is 2.60. The first kappa shape index (κ1) is 10.9. The van der Waals surface area contributed by atoms with E-state index < -0.39 is 6.23 Å². The minimum Gasteiger partial charge on any atom is -0.373 e. The van der Waals surface area contributed by atoms with Gasteiger partial charge in [-0.25, -0.2) is 0 Å². The van der Waals surface area contributed by atoms with Crippen molar-refractivity contribution < 1.29 is 5.11 Å². The molecule has 17 heavy (non-hydrogen) atoms. The quantitative estimate of drug-likeness (QED) is 0.879. The van der Waals surface area contributed by atoms with Gasteiger partial charge in [0.05, 0.1) is 0 Å². The number of hydrogen-bond donors (Lipinski definition) is 1. The highest BCUT2D eigenvalue weighted by Crippen LogP contribution is 2.29. The van der Waals surface area contributed by atoms with Crippen LogP contribution in [0.2, 0.25) is 0 Å². The summed E-state index contributed by atoms with van der Waals surface area (Å²) in [6.45, 7) is 0. The molecule has 1 N–H and O–H groups in total. The van der Waals surface area contributed by atoms with Crippen molar-refractivity contribution in [2.24, 2.45) is 0 Å². The summed E-state index contributed by atoms with van der Waals surface area (Å²) < 4.78 is 2.84. The zero-order valence-electron chi connectivity index (χ0n) is 9.17. The predicted octanol–water partition coefficient (Wildman–Crippen LogP) is 2.53. The summed E-state index contributed by atoms with van der Waals surface area (Å²) in [6, 6.07) is 7.88. The van der Waals surface area contributed by atoms with Crippen LogP contribution in [0.25, 0.3) is 11.4 Å². The van der Waals surface area contributed by atoms with Gasteiger partial charge in [-0.3, -0.25) is 4.57 Å². The minimum atomic E-state index is -0.497. The second-order valence-corrected chi connectivity index (χ2v) is 5.11. The highest BCUT2D eigenvalue weighted by atomic mass is 79.9. The molecule has 0 spiro atoms. The molecule has 0 aliphatic carbocycles. The summed E-state index contributed by atoms with van der Waals surface area (Å²) in [5, 5.41) is 18.4. The van der Waals surface area contributed by atoms with E-state index in [1.54, 1.807) is 0 Å². The van der Waals surface area contributed by atoms with E-state index in [0.29, 0.717) is 0 Å². The molecule has 5 heteroatoms. The number of fused-ring (bicyclic) bond motifs is 1. The Morgan fingerprint density at radius 1 is 1.35 bits per heavy atom. The molecule has 1 aliphatic heterocycles. The van der Waals surface area contributed by atoms with Crippen LogP contribution in [0.3, 0.4) is 0 Å². The molecule has 2 heterocycles. The molecule has 4 nitrogen and oxygen atoms in total. The third kappa shape index (κ3) is 1.89. The Morgan fingerprint density at radius 3 is 3.06 bits per heavy atom. The second-order valence-electron chi connectivity index (χ2n) is 4.19. The second kappa shape index (κ2) is 4.23. The molecule has 0 radical (unpaired) electrons. The van der Waals surface area contributed by atoms with Crippen molar-refractivity contribution in [1.82, 2.24) is 14.8 Å². The van der Waals surface area contributed by atoms with Crippen molar-refractivity contribution in [3.8, 4) is 11.4 Å². The van der Waals surface area contributed by atoms with Gasteiger partial charge in [-0.1, -0.05) is 28.1 Å². The van der Waals surface area contributed by atoms with Crippen LogP contribution in [0.5, 0.6) is 0 Å². The van der Waals surface area contributed by atoms with Crippen LogP contribution in [-0.2, 0) is 6.42 Å². The molecule has 1 aliphatic rings. The summed E-state index contributed by atoms with van der Waals surface area (Å²) in [7, 11) is 0. The number of halogens is 1. The molecule has 0 fully saturated rings. The van der Waals surface area contributed by atoms with Gasteiger partial charge in [0.2, 0.25) is 0 Å². The Labute approximate surface area is 107 Å². The highest BCUT2D eigenvalue weighted by molar-refractivity contribution is 9.10. The molecule has 88 valence electrons. The first-order chi connectivity index (χ1) is 8.25. The third-order valence-electron chi connectivity index (χ3n) is 3.01. The van der Waals surface area contributed by atoms with E-state index in [0.717, 1.165) is 40.9 Å². The standard InChI is InChI=1S/C12H12BrN3O/c13-9-4-1-3-8(7-9)12-15-14-10-5-2-6-11(17)16(10)12/h1,3-4,7,11,17H,2,5-6H2. The average Bonchev–Trinajstić information content (AvgIpc) is 2.74. The molecule has 0 amide bonds. The van der Waals surface area contributed by atoms with Gasteiger partial charge in [0.15, 0.2) is 5.82 Å². The SMILES string of the molecule is OC1CCCc2nnc(-c3cccc(Br)c3)n21. The van der Waals surface area contributed by atoms with Gasteiger partial charge in [0, 0.05) is 16.5 Å². The molecule has 1 atom stereocenters. The smallest absolute Gasteiger partial charge is 0.166 e. The summed E-state index contributed by atoms with van der Waals surface area (Å²) >= 11 is 3.44. The van der Waals surface area contributed by atoms with E-state index in [4.69, 9.17) is 0 Å². The summed E-state index contributed by atoms with van der Waals surface area (Å²) in [5.41, 5.74) is 0.971. The lowest BCUT2D eigenvalue weighted by Crippen LogP contribution is -2.18. The normalized spacial score (nSPS) is 19.1. The van der Waals surface area contributed by atoms with Gasteiger partial charge in [0.25, 0.3) is 0 Å². The lowest BCUT2D eigenvalue weighted by molar-refractivity contribution is 0.0796. The Hall–Kier alpha value is -1.20. The number of nitrogens with zero attached hydrogens (tertiary/aromatic N) is 3. The Bertz CT molecular complexity index is 552. The number of rotatable bonds is 1. The molecular weight excluding hydrogens is 282 g/mol. The zero-order chi connectivity index (χ0) is 11.8. The molecule has 3 rings (SSSR count). The molecular formula is C12H12BrN3O. The van der Waals surface area contributed by atoms with Gasteiger partial charge in [0.1, 0.15) is 12.1 Å². The molecule has 0 saturated carbocycles. The predicted molar refractivity (Wildman–Crippen MR) is 67.4 cm³/mol. The van der Waals surface area contributed by atoms with E-state index in [1.807, 2.05) is 28.8 Å². The Balaban J connectivity index is 2.13. The van der Waals surface area contributed by atoms with Crippen LogP contribution in [0.4, 0.5) is 0 Å². The number of benzene rings is 1. The van der Waals surface area contributed by atoms with E-state index in [-0.39, 0.29) is 0 Å². The largest absolute Gasteiger partial charge is 0.373 e. The van der Waals surface area contributed by atoms with E-state index >= 15 is 0 Å². The van der Waals surface area contributed by atoms with Crippen LogP contribution in [0, 0.1) is 0 Å². The molecule has 0 saturated heterocycles. The zero-order valence-corrected chi connectivity index (χ0v) is 10.8. The maximum absolute atomic E-state index is 10.0. The number of aromatic nitrogens is 3. The Kier molecular flexibility index (Phi) is 2.72. The van der Waals surface area contributed by atoms with Gasteiger partial charge in [-0.05, 0) is 25.0 Å². The van der Waals surface area contributed by atoms with Crippen LogP contribution >= 0.6 is 15.9 Å². The van der Waals surface area contributed by atoms with Crippen molar-refractivity contribution >= 4 is 15.9 Å². The third-order valence-corrected chi connectivity index (χ3v) is 3.50. The minimum absolute atomic E-state index is 0.497. The molecule has 0 bridgehead atoms. The number of aliphatic hydroxyl groups is 1. The maximum atomic E-state index is 10.0. The van der Waals surface area contributed by atoms with Crippen molar-refractivity contribution in [3.63, 3.8) is 0 Å². The maximum Gasteiger partial charge on any atom is 0.166 e. The van der Waals surface area contributed by atoms with Crippen LogP contribution < -0.4 is 0 Å². The molecule has 1 unspecified atom stereocenters. The molecule has 1 aromatic carbocycles. The fourth-order valence-electron chi connectivity index (χ4n) is 2.20. The van der Waals surface area contributed by atoms with Crippen molar-refractivity contribution in [2.75, 3.05) is 0 Å². The fraction of sp³-hybridized carbons (Fsp3) is 0.333. The summed E-state index contributed by atoms with van der Waals surface area (Å²) in [5.74, 6) is 1.62. The monoisotopic (exact) mass is 293 g/mol. The Morgan fingerprint density at radius 2 is 2.24 bits per heavy atom. The first-order valence-electron chi connectivity index (χ1n) is 5.63. The van der Waals surface area contributed by atoms with Gasteiger partial charge in [-0.2, -0.15) is 0 Å². The van der Waals surface area contributed by atoms with E-state index in [2.05, 4.69) is 26.1 Å². The molecule has 1 aromatic heterocycles. The summed E-state index contributed by atoms with van der Waals surface area (Å²) in [6.07, 6.45) is 2.13. The van der Waals surface area contributed by atoms with Crippen LogP contribution in [-0.4, -0.2) is 19.9 Å². The lowest BCUT2D eigenvalue weighted by atomic mass is 10.1. The highest BCUT2D eigenvalue weighted by Gasteiger charge is 2.23. The molecule has 2 aromatic rings. The lowest BCUT2D eigenvalue weighted by Gasteiger charge is -2.21. The average molecular weight is 294 g/mol. The van der Waals surface area contributed by atoms with Gasteiger partial charge < -0.3 is 5.11 Å². The topological polar surface area (TPSA) is 50.9 Å². The van der Waals surface area contributed by atoms with Gasteiger partial charge >= 0.3 is 0 Å². The summed E-state index contributed by atoms with van der Waals surface area (Å²) in [4.78, 5) is 0.